The van der Waals surface area contributed by atoms with Crippen LogP contribution in [0.25, 0.3) is 0 Å². The first-order chi connectivity index (χ1) is 16.1. The third-order valence-corrected chi connectivity index (χ3v) is 6.54. The standard InChI is InChI=1S/C27H39O5P/c1-5-7-9-11-18-31-21-16-17-25(24(20-21)32-19-12-10-8-6-2)33-27(28)26-22(29-3)14-13-15-23(26)30-4/h13-17,20,33H,5-12,18-19H2,1-4H3. The highest BCUT2D eigenvalue weighted by atomic mass is 31.1. The second kappa shape index (κ2) is 15.6. The number of unbranched alkanes of at least 4 members (excludes halogenated alkanes) is 6. The summed E-state index contributed by atoms with van der Waals surface area (Å²) in [7, 11) is 3.01. The first kappa shape index (κ1) is 27.0. The summed E-state index contributed by atoms with van der Waals surface area (Å²) in [6, 6.07) is 11.2. The average Bonchev–Trinajstić information content (AvgIpc) is 2.84. The largest absolute Gasteiger partial charge is 0.496 e. The van der Waals surface area contributed by atoms with Crippen LogP contribution in [0.1, 0.15) is 75.6 Å². The lowest BCUT2D eigenvalue weighted by Gasteiger charge is -2.15. The summed E-state index contributed by atoms with van der Waals surface area (Å²) in [5.41, 5.74) is 0.416. The molecule has 0 aliphatic rings. The van der Waals surface area contributed by atoms with Gasteiger partial charge in [0, 0.05) is 11.4 Å². The molecule has 2 aromatic rings. The van der Waals surface area contributed by atoms with Gasteiger partial charge in [0.15, 0.2) is 5.52 Å². The molecule has 2 rings (SSSR count). The molecule has 0 amide bonds. The third-order valence-electron chi connectivity index (χ3n) is 5.38. The molecule has 0 aromatic heterocycles. The maximum absolute atomic E-state index is 13.3. The Kier molecular flexibility index (Phi) is 12.7. The van der Waals surface area contributed by atoms with E-state index in [2.05, 4.69) is 13.8 Å². The zero-order chi connectivity index (χ0) is 23.9. The van der Waals surface area contributed by atoms with E-state index in [1.165, 1.54) is 32.1 Å². The molecule has 33 heavy (non-hydrogen) atoms. The minimum Gasteiger partial charge on any atom is -0.496 e. The topological polar surface area (TPSA) is 54.0 Å². The molecule has 0 saturated heterocycles. The third kappa shape index (κ3) is 8.89. The van der Waals surface area contributed by atoms with Crippen molar-refractivity contribution in [2.45, 2.75) is 65.2 Å². The minimum absolute atomic E-state index is 0.0478. The van der Waals surface area contributed by atoms with Crippen molar-refractivity contribution in [3.8, 4) is 23.0 Å². The highest BCUT2D eigenvalue weighted by molar-refractivity contribution is 7.66. The fourth-order valence-corrected chi connectivity index (χ4v) is 4.55. The molecule has 0 aliphatic heterocycles. The van der Waals surface area contributed by atoms with E-state index in [1.807, 2.05) is 24.3 Å². The Morgan fingerprint density at radius 1 is 0.758 bits per heavy atom. The molecule has 0 bridgehead atoms. The Balaban J connectivity index is 2.17. The summed E-state index contributed by atoms with van der Waals surface area (Å²) in [5.74, 6) is 2.53. The van der Waals surface area contributed by atoms with Gasteiger partial charge in [-0.2, -0.15) is 0 Å². The van der Waals surface area contributed by atoms with Crippen LogP contribution in [0.3, 0.4) is 0 Å². The number of hydrogen-bond donors (Lipinski definition) is 0. The highest BCUT2D eigenvalue weighted by Crippen LogP contribution is 2.35. The molecule has 0 N–H and O–H groups in total. The second-order valence-electron chi connectivity index (χ2n) is 7.97. The maximum Gasteiger partial charge on any atom is 0.193 e. The fraction of sp³-hybridized carbons (Fsp3) is 0.519. The lowest BCUT2D eigenvalue weighted by molar-refractivity contribution is 0.108. The quantitative estimate of drug-likeness (QED) is 0.187. The lowest BCUT2D eigenvalue weighted by Crippen LogP contribution is -2.10. The smallest absolute Gasteiger partial charge is 0.193 e. The Bertz CT molecular complexity index is 830. The van der Waals surface area contributed by atoms with Gasteiger partial charge in [-0.05, 0) is 45.7 Å². The van der Waals surface area contributed by atoms with Gasteiger partial charge in [0.2, 0.25) is 0 Å². The molecule has 0 spiro atoms. The molecule has 1 atom stereocenters. The predicted octanol–water partition coefficient (Wildman–Crippen LogP) is 6.77. The van der Waals surface area contributed by atoms with Crippen molar-refractivity contribution in [1.82, 2.24) is 0 Å². The van der Waals surface area contributed by atoms with Crippen LogP contribution in [0.15, 0.2) is 36.4 Å². The van der Waals surface area contributed by atoms with Gasteiger partial charge in [0.05, 0.1) is 27.4 Å². The fourth-order valence-electron chi connectivity index (χ4n) is 3.50. The van der Waals surface area contributed by atoms with Crippen molar-refractivity contribution in [3.05, 3.63) is 42.0 Å². The summed E-state index contributed by atoms with van der Waals surface area (Å²) in [6.07, 6.45) is 9.16. The molecule has 0 heterocycles. The van der Waals surface area contributed by atoms with Gasteiger partial charge < -0.3 is 18.9 Å². The first-order valence-electron chi connectivity index (χ1n) is 12.1. The van der Waals surface area contributed by atoms with Crippen LogP contribution in [0.4, 0.5) is 0 Å². The molecule has 0 aliphatic carbocycles. The van der Waals surface area contributed by atoms with E-state index in [4.69, 9.17) is 18.9 Å². The Morgan fingerprint density at radius 3 is 1.94 bits per heavy atom. The summed E-state index contributed by atoms with van der Waals surface area (Å²) in [4.78, 5) is 13.3. The number of carbonyl (C=O) groups excluding carboxylic acids is 1. The molecule has 0 radical (unpaired) electrons. The molecule has 0 fully saturated rings. The van der Waals surface area contributed by atoms with Crippen molar-refractivity contribution < 1.29 is 23.7 Å². The van der Waals surface area contributed by atoms with Crippen molar-refractivity contribution >= 4 is 19.4 Å². The van der Waals surface area contributed by atoms with Crippen LogP contribution in [0, 0.1) is 0 Å². The summed E-state index contributed by atoms with van der Waals surface area (Å²) in [5, 5.41) is 0.863. The van der Waals surface area contributed by atoms with Crippen LogP contribution in [-0.4, -0.2) is 33.0 Å². The van der Waals surface area contributed by atoms with Crippen LogP contribution in [0.5, 0.6) is 23.0 Å². The molecule has 2 aromatic carbocycles. The number of ether oxygens (including phenoxy) is 4. The van der Waals surface area contributed by atoms with Crippen molar-refractivity contribution in [1.29, 1.82) is 0 Å². The first-order valence-corrected chi connectivity index (χ1v) is 13.1. The van der Waals surface area contributed by atoms with Gasteiger partial charge in [-0.15, -0.1) is 0 Å². The monoisotopic (exact) mass is 474 g/mol. The summed E-state index contributed by atoms with van der Waals surface area (Å²) >= 11 is 0. The molecule has 182 valence electrons. The van der Waals surface area contributed by atoms with E-state index in [-0.39, 0.29) is 14.1 Å². The number of benzene rings is 2. The Morgan fingerprint density at radius 2 is 1.36 bits per heavy atom. The maximum atomic E-state index is 13.3. The van der Waals surface area contributed by atoms with Crippen LogP contribution in [0.2, 0.25) is 0 Å². The van der Waals surface area contributed by atoms with E-state index in [0.717, 1.165) is 36.1 Å². The van der Waals surface area contributed by atoms with Gasteiger partial charge in [-0.25, -0.2) is 0 Å². The van der Waals surface area contributed by atoms with Gasteiger partial charge in [-0.1, -0.05) is 58.4 Å². The zero-order valence-corrected chi connectivity index (χ0v) is 21.6. The van der Waals surface area contributed by atoms with E-state index >= 15 is 0 Å². The molecule has 6 heteroatoms. The van der Waals surface area contributed by atoms with E-state index in [1.54, 1.807) is 26.4 Å². The number of carbonyl (C=O) groups is 1. The number of methoxy groups -OCH3 is 2. The lowest BCUT2D eigenvalue weighted by atomic mass is 10.2. The van der Waals surface area contributed by atoms with E-state index in [9.17, 15) is 4.79 Å². The molecular weight excluding hydrogens is 435 g/mol. The van der Waals surface area contributed by atoms with E-state index < -0.39 is 0 Å². The van der Waals surface area contributed by atoms with E-state index in [0.29, 0.717) is 30.3 Å². The molecule has 1 unspecified atom stereocenters. The Labute approximate surface area is 200 Å². The van der Waals surface area contributed by atoms with Crippen molar-refractivity contribution in [2.75, 3.05) is 27.4 Å². The molecule has 5 nitrogen and oxygen atoms in total. The van der Waals surface area contributed by atoms with Gasteiger partial charge in [0.25, 0.3) is 0 Å². The second-order valence-corrected chi connectivity index (χ2v) is 9.21. The zero-order valence-electron chi connectivity index (χ0n) is 20.6. The van der Waals surface area contributed by atoms with Crippen LogP contribution in [-0.2, 0) is 0 Å². The SMILES string of the molecule is CCCCCCOc1ccc(PC(=O)c2c(OC)cccc2OC)c(OCCCCCC)c1. The van der Waals surface area contributed by atoms with Crippen LogP contribution < -0.4 is 24.3 Å². The predicted molar refractivity (Wildman–Crippen MR) is 138 cm³/mol. The van der Waals surface area contributed by atoms with Gasteiger partial charge in [0.1, 0.15) is 28.6 Å². The molecular formula is C27H39O5P. The number of rotatable bonds is 17. The highest BCUT2D eigenvalue weighted by Gasteiger charge is 2.20. The van der Waals surface area contributed by atoms with Gasteiger partial charge >= 0.3 is 0 Å². The summed E-state index contributed by atoms with van der Waals surface area (Å²) in [6.45, 7) is 5.71. The number of hydrogen-bond acceptors (Lipinski definition) is 5. The van der Waals surface area contributed by atoms with Crippen molar-refractivity contribution in [3.63, 3.8) is 0 Å². The Hall–Kier alpha value is -2.26. The van der Waals surface area contributed by atoms with Crippen LogP contribution >= 0.6 is 8.58 Å². The molecule has 0 saturated carbocycles. The summed E-state index contributed by atoms with van der Waals surface area (Å²) < 4.78 is 22.9. The minimum atomic E-state index is -0.115. The van der Waals surface area contributed by atoms with Crippen molar-refractivity contribution in [2.24, 2.45) is 0 Å². The van der Waals surface area contributed by atoms with Gasteiger partial charge in [-0.3, -0.25) is 4.79 Å². The normalized spacial score (nSPS) is 11.0. The average molecular weight is 475 g/mol.